The number of halogens is 1. The molecule has 1 aromatic heterocycles. The molecule has 0 aliphatic carbocycles. The van der Waals surface area contributed by atoms with Gasteiger partial charge in [-0.25, -0.2) is 13.1 Å². The summed E-state index contributed by atoms with van der Waals surface area (Å²) in [5.41, 5.74) is 0. The summed E-state index contributed by atoms with van der Waals surface area (Å²) in [4.78, 5) is 1.37. The van der Waals surface area contributed by atoms with Crippen molar-refractivity contribution in [2.45, 2.75) is 23.7 Å². The third-order valence-corrected chi connectivity index (χ3v) is 6.10. The Bertz CT molecular complexity index is 669. The van der Waals surface area contributed by atoms with Crippen LogP contribution in [0.5, 0.6) is 0 Å². The maximum atomic E-state index is 12.2. The zero-order chi connectivity index (χ0) is 16.0. The average Bonchev–Trinajstić information content (AvgIpc) is 3.01. The minimum atomic E-state index is -3.52. The Kier molecular flexibility index (Phi) is 6.40. The van der Waals surface area contributed by atoms with Crippen LogP contribution in [-0.4, -0.2) is 26.7 Å². The molecule has 0 spiro atoms. The van der Waals surface area contributed by atoms with E-state index in [4.69, 9.17) is 16.7 Å². The maximum Gasteiger partial charge on any atom is 0.240 e. The second-order valence-corrected chi connectivity index (χ2v) is 8.05. The number of hydrogen-bond donors (Lipinski definition) is 2. The van der Waals surface area contributed by atoms with Crippen molar-refractivity contribution in [2.24, 2.45) is 0 Å². The van der Waals surface area contributed by atoms with Crippen molar-refractivity contribution in [1.82, 2.24) is 4.72 Å². The van der Waals surface area contributed by atoms with E-state index in [2.05, 4.69) is 4.72 Å². The smallest absolute Gasteiger partial charge is 0.240 e. The molecule has 0 radical (unpaired) electrons. The molecule has 0 saturated heterocycles. The molecule has 0 saturated carbocycles. The van der Waals surface area contributed by atoms with Gasteiger partial charge in [0, 0.05) is 23.1 Å². The van der Waals surface area contributed by atoms with E-state index in [1.54, 1.807) is 23.5 Å². The zero-order valence-corrected chi connectivity index (χ0v) is 14.3. The van der Waals surface area contributed by atoms with Gasteiger partial charge in [0.15, 0.2) is 0 Å². The van der Waals surface area contributed by atoms with Gasteiger partial charge in [0.25, 0.3) is 0 Å². The van der Waals surface area contributed by atoms with E-state index >= 15 is 0 Å². The van der Waals surface area contributed by atoms with E-state index in [1.807, 2.05) is 17.5 Å². The van der Waals surface area contributed by atoms with Crippen LogP contribution in [-0.2, 0) is 10.0 Å². The highest BCUT2D eigenvalue weighted by molar-refractivity contribution is 7.89. The second-order valence-electron chi connectivity index (χ2n) is 4.86. The van der Waals surface area contributed by atoms with Gasteiger partial charge in [-0.2, -0.15) is 0 Å². The number of sulfonamides is 1. The molecule has 0 fully saturated rings. The lowest BCUT2D eigenvalue weighted by Gasteiger charge is -2.14. The number of aliphatic hydroxyl groups is 1. The quantitative estimate of drug-likeness (QED) is 0.760. The highest BCUT2D eigenvalue weighted by Crippen LogP contribution is 2.27. The van der Waals surface area contributed by atoms with Gasteiger partial charge in [0.2, 0.25) is 10.0 Å². The fourth-order valence-corrected chi connectivity index (χ4v) is 4.25. The fourth-order valence-electron chi connectivity index (χ4n) is 2.17. The Morgan fingerprint density at radius 3 is 2.50 bits per heavy atom. The lowest BCUT2D eigenvalue weighted by molar-refractivity contribution is 0.273. The molecule has 1 atom stereocenters. The first-order valence-electron chi connectivity index (χ1n) is 6.92. The molecule has 22 heavy (non-hydrogen) atoms. The fraction of sp³-hybridized carbons (Fsp3) is 0.333. The first kappa shape index (κ1) is 17.4. The summed E-state index contributed by atoms with van der Waals surface area (Å²) in [6.45, 7) is 0.417. The summed E-state index contributed by atoms with van der Waals surface area (Å²) in [5.74, 6) is 0.165. The Balaban J connectivity index is 1.95. The number of thiophene rings is 1. The normalized spacial score (nSPS) is 13.2. The lowest BCUT2D eigenvalue weighted by Crippen LogP contribution is -2.26. The van der Waals surface area contributed by atoms with E-state index < -0.39 is 10.0 Å². The van der Waals surface area contributed by atoms with Crippen LogP contribution in [0.15, 0.2) is 46.7 Å². The molecule has 0 amide bonds. The number of aliphatic hydroxyl groups excluding tert-OH is 1. The van der Waals surface area contributed by atoms with E-state index in [9.17, 15) is 8.42 Å². The minimum Gasteiger partial charge on any atom is -0.396 e. The Labute approximate surface area is 139 Å². The first-order chi connectivity index (χ1) is 10.5. The highest BCUT2D eigenvalue weighted by atomic mass is 35.5. The highest BCUT2D eigenvalue weighted by Gasteiger charge is 2.16. The van der Waals surface area contributed by atoms with E-state index in [0.29, 0.717) is 24.4 Å². The molecule has 1 aromatic carbocycles. The van der Waals surface area contributed by atoms with Crippen molar-refractivity contribution in [3.63, 3.8) is 0 Å². The third-order valence-electron chi connectivity index (χ3n) is 3.33. The second kappa shape index (κ2) is 8.08. The summed E-state index contributed by atoms with van der Waals surface area (Å²) in [7, 11) is -3.52. The first-order valence-corrected chi connectivity index (χ1v) is 9.66. The van der Waals surface area contributed by atoms with Gasteiger partial charge in [0.1, 0.15) is 0 Å². The summed E-state index contributed by atoms with van der Waals surface area (Å²) in [5, 5.41) is 11.6. The number of benzene rings is 1. The van der Waals surface area contributed by atoms with Crippen molar-refractivity contribution in [3.05, 3.63) is 51.7 Å². The van der Waals surface area contributed by atoms with Crippen molar-refractivity contribution in [3.8, 4) is 0 Å². The topological polar surface area (TPSA) is 66.4 Å². The molecule has 120 valence electrons. The van der Waals surface area contributed by atoms with Crippen molar-refractivity contribution in [1.29, 1.82) is 0 Å². The average molecular weight is 360 g/mol. The van der Waals surface area contributed by atoms with Crippen LogP contribution in [0.3, 0.4) is 0 Å². The molecule has 1 heterocycles. The number of hydrogen-bond acceptors (Lipinski definition) is 4. The van der Waals surface area contributed by atoms with E-state index in [-0.39, 0.29) is 17.4 Å². The predicted octanol–water partition coefficient (Wildman–Crippen LogP) is 3.24. The Morgan fingerprint density at radius 1 is 1.18 bits per heavy atom. The molecule has 0 unspecified atom stereocenters. The van der Waals surface area contributed by atoms with Crippen molar-refractivity contribution >= 4 is 33.0 Å². The van der Waals surface area contributed by atoms with Crippen LogP contribution in [0.25, 0.3) is 0 Å². The molecular weight excluding hydrogens is 342 g/mol. The standard InChI is InChI=1S/C15H18ClNO3S2/c16-13-3-5-14(6-4-13)22(19,20)17-9-7-12(8-10-18)15-2-1-11-21-15/h1-6,11-12,17-18H,7-10H2/t12-/m1/s1. The largest absolute Gasteiger partial charge is 0.396 e. The zero-order valence-electron chi connectivity index (χ0n) is 11.9. The summed E-state index contributed by atoms with van der Waals surface area (Å²) >= 11 is 7.39. The van der Waals surface area contributed by atoms with Gasteiger partial charge in [-0.05, 0) is 54.5 Å². The Morgan fingerprint density at radius 2 is 1.91 bits per heavy atom. The van der Waals surface area contributed by atoms with E-state index in [1.165, 1.54) is 17.0 Å². The van der Waals surface area contributed by atoms with Gasteiger partial charge >= 0.3 is 0 Å². The van der Waals surface area contributed by atoms with Gasteiger partial charge in [-0.1, -0.05) is 17.7 Å². The van der Waals surface area contributed by atoms with Crippen LogP contribution < -0.4 is 4.72 Å². The van der Waals surface area contributed by atoms with Crippen molar-refractivity contribution in [2.75, 3.05) is 13.2 Å². The minimum absolute atomic E-state index is 0.0898. The van der Waals surface area contributed by atoms with Crippen LogP contribution in [0, 0.1) is 0 Å². The molecule has 7 heteroatoms. The molecule has 2 aromatic rings. The molecule has 2 N–H and O–H groups in total. The SMILES string of the molecule is O=S(=O)(NCC[C@H](CCO)c1cccs1)c1ccc(Cl)cc1. The molecular formula is C15H18ClNO3S2. The number of rotatable bonds is 8. The number of nitrogens with one attached hydrogen (secondary N) is 1. The molecule has 4 nitrogen and oxygen atoms in total. The van der Waals surface area contributed by atoms with Crippen LogP contribution in [0.4, 0.5) is 0 Å². The van der Waals surface area contributed by atoms with Gasteiger partial charge in [-0.3, -0.25) is 0 Å². The third kappa shape index (κ3) is 4.79. The monoisotopic (exact) mass is 359 g/mol. The van der Waals surface area contributed by atoms with Crippen LogP contribution >= 0.6 is 22.9 Å². The maximum absolute atomic E-state index is 12.2. The molecule has 0 aliphatic heterocycles. The van der Waals surface area contributed by atoms with E-state index in [0.717, 1.165) is 0 Å². The summed E-state index contributed by atoms with van der Waals surface area (Å²) in [6.07, 6.45) is 1.27. The van der Waals surface area contributed by atoms with Crippen molar-refractivity contribution < 1.29 is 13.5 Å². The van der Waals surface area contributed by atoms with Crippen LogP contribution in [0.1, 0.15) is 23.6 Å². The van der Waals surface area contributed by atoms with Gasteiger partial charge in [0.05, 0.1) is 4.90 Å². The molecule has 0 aliphatic rings. The molecule has 0 bridgehead atoms. The predicted molar refractivity (Wildman–Crippen MR) is 90.0 cm³/mol. The Hall–Kier alpha value is -0.920. The summed E-state index contributed by atoms with van der Waals surface area (Å²) in [6, 6.07) is 10.0. The van der Waals surface area contributed by atoms with Gasteiger partial charge in [-0.15, -0.1) is 11.3 Å². The van der Waals surface area contributed by atoms with Gasteiger partial charge < -0.3 is 5.11 Å². The lowest BCUT2D eigenvalue weighted by atomic mass is 10.0. The molecule has 2 rings (SSSR count). The van der Waals surface area contributed by atoms with Crippen LogP contribution in [0.2, 0.25) is 5.02 Å². The summed E-state index contributed by atoms with van der Waals surface area (Å²) < 4.78 is 26.9.